The van der Waals surface area contributed by atoms with Gasteiger partial charge in [0, 0.05) is 10.6 Å². The van der Waals surface area contributed by atoms with Crippen LogP contribution in [0.3, 0.4) is 0 Å². The van der Waals surface area contributed by atoms with Crippen molar-refractivity contribution >= 4 is 40.0 Å². The van der Waals surface area contributed by atoms with Gasteiger partial charge in [-0.1, -0.05) is 24.6 Å². The molecule has 0 aliphatic carbocycles. The number of nitrogens with one attached hydrogen (secondary N) is 1. The van der Waals surface area contributed by atoms with Gasteiger partial charge < -0.3 is 10.1 Å². The molecule has 0 radical (unpaired) electrons. The van der Waals surface area contributed by atoms with Crippen molar-refractivity contribution in [2.75, 3.05) is 12.4 Å². The number of hydrogen-bond acceptors (Lipinski definition) is 4. The highest BCUT2D eigenvalue weighted by Crippen LogP contribution is 2.31. The minimum Gasteiger partial charge on any atom is -0.486 e. The number of anilines is 2. The monoisotopic (exact) mass is 305 g/mol. The van der Waals surface area contributed by atoms with Gasteiger partial charge in [-0.05, 0) is 50.2 Å². The SMILES string of the molecule is CCc1cc(C)ccc1Nc1cc(C(=S)OC)sc1C. The third-order valence-electron chi connectivity index (χ3n) is 3.22. The van der Waals surface area contributed by atoms with Crippen LogP contribution in [0.2, 0.25) is 0 Å². The zero-order valence-electron chi connectivity index (χ0n) is 12.2. The molecule has 0 unspecified atom stereocenters. The van der Waals surface area contributed by atoms with Crippen LogP contribution in [0.5, 0.6) is 0 Å². The van der Waals surface area contributed by atoms with Crippen molar-refractivity contribution in [3.63, 3.8) is 0 Å². The average Bonchev–Trinajstić information content (AvgIpc) is 2.81. The van der Waals surface area contributed by atoms with Gasteiger partial charge in [0.25, 0.3) is 0 Å². The second kappa shape index (κ2) is 6.37. The predicted molar refractivity (Wildman–Crippen MR) is 91.6 cm³/mol. The number of benzene rings is 1. The topological polar surface area (TPSA) is 21.3 Å². The van der Waals surface area contributed by atoms with Crippen LogP contribution in [0.4, 0.5) is 11.4 Å². The van der Waals surface area contributed by atoms with Crippen LogP contribution in [0.25, 0.3) is 0 Å². The fourth-order valence-electron chi connectivity index (χ4n) is 2.09. The molecule has 0 saturated carbocycles. The first-order valence-corrected chi connectivity index (χ1v) is 7.83. The maximum absolute atomic E-state index is 5.19. The normalized spacial score (nSPS) is 10.4. The molecule has 0 aliphatic rings. The summed E-state index contributed by atoms with van der Waals surface area (Å²) in [6, 6.07) is 8.55. The van der Waals surface area contributed by atoms with E-state index in [0.29, 0.717) is 5.05 Å². The van der Waals surface area contributed by atoms with Crippen LogP contribution in [-0.2, 0) is 11.2 Å². The molecule has 0 saturated heterocycles. The molecule has 0 bridgehead atoms. The van der Waals surface area contributed by atoms with Gasteiger partial charge in [0.15, 0.2) is 0 Å². The Labute approximate surface area is 129 Å². The van der Waals surface area contributed by atoms with Crippen molar-refractivity contribution in [3.8, 4) is 0 Å². The lowest BCUT2D eigenvalue weighted by Crippen LogP contribution is -1.97. The number of methoxy groups -OCH3 is 1. The van der Waals surface area contributed by atoms with E-state index >= 15 is 0 Å². The molecule has 1 aromatic heterocycles. The van der Waals surface area contributed by atoms with Gasteiger partial charge in [-0.15, -0.1) is 11.3 Å². The zero-order chi connectivity index (χ0) is 14.7. The molecule has 4 heteroatoms. The first kappa shape index (κ1) is 15.0. The smallest absolute Gasteiger partial charge is 0.201 e. The molecular weight excluding hydrogens is 286 g/mol. The number of hydrogen-bond donors (Lipinski definition) is 1. The Morgan fingerprint density at radius 1 is 1.25 bits per heavy atom. The Bertz CT molecular complexity index is 631. The van der Waals surface area contributed by atoms with E-state index in [1.54, 1.807) is 18.4 Å². The Morgan fingerprint density at radius 3 is 2.65 bits per heavy atom. The largest absolute Gasteiger partial charge is 0.486 e. The number of rotatable bonds is 4. The van der Waals surface area contributed by atoms with Crippen molar-refractivity contribution < 1.29 is 4.74 Å². The first-order valence-electron chi connectivity index (χ1n) is 6.60. The maximum atomic E-state index is 5.19. The Balaban J connectivity index is 2.30. The average molecular weight is 305 g/mol. The standard InChI is InChI=1S/C16H19NOS2/c1-5-12-8-10(2)6-7-13(12)17-14-9-15(16(19)18-4)20-11(14)3/h6-9,17H,5H2,1-4H3. The molecule has 0 spiro atoms. The molecule has 0 atom stereocenters. The molecule has 1 N–H and O–H groups in total. The van der Waals surface area contributed by atoms with E-state index < -0.39 is 0 Å². The van der Waals surface area contributed by atoms with E-state index in [-0.39, 0.29) is 0 Å². The lowest BCUT2D eigenvalue weighted by atomic mass is 10.1. The molecule has 0 fully saturated rings. The summed E-state index contributed by atoms with van der Waals surface area (Å²) in [6.45, 7) is 6.38. The summed E-state index contributed by atoms with van der Waals surface area (Å²) in [5, 5.41) is 4.06. The summed E-state index contributed by atoms with van der Waals surface area (Å²) in [5.41, 5.74) is 4.87. The predicted octanol–water partition coefficient (Wildman–Crippen LogP) is 4.99. The summed E-state index contributed by atoms with van der Waals surface area (Å²) in [7, 11) is 1.61. The second-order valence-electron chi connectivity index (χ2n) is 4.71. The summed E-state index contributed by atoms with van der Waals surface area (Å²) in [6.07, 6.45) is 1.01. The van der Waals surface area contributed by atoms with Crippen LogP contribution in [0.15, 0.2) is 24.3 Å². The fraction of sp³-hybridized carbons (Fsp3) is 0.312. The summed E-state index contributed by atoms with van der Waals surface area (Å²) in [4.78, 5) is 2.20. The molecule has 20 heavy (non-hydrogen) atoms. The van der Waals surface area contributed by atoms with E-state index in [1.807, 2.05) is 0 Å². The van der Waals surface area contributed by atoms with Crippen molar-refractivity contribution in [2.45, 2.75) is 27.2 Å². The number of ether oxygens (including phenoxy) is 1. The highest BCUT2D eigenvalue weighted by Gasteiger charge is 2.11. The van der Waals surface area contributed by atoms with E-state index in [4.69, 9.17) is 17.0 Å². The minimum absolute atomic E-state index is 0.547. The van der Waals surface area contributed by atoms with Crippen LogP contribution in [-0.4, -0.2) is 12.2 Å². The van der Waals surface area contributed by atoms with Gasteiger partial charge in [0.1, 0.15) is 0 Å². The number of aryl methyl sites for hydroxylation is 3. The number of thiocarbonyl (C=S) groups is 1. The highest BCUT2D eigenvalue weighted by molar-refractivity contribution is 7.80. The zero-order valence-corrected chi connectivity index (χ0v) is 13.9. The van der Waals surface area contributed by atoms with E-state index in [0.717, 1.165) is 22.7 Å². The summed E-state index contributed by atoms with van der Waals surface area (Å²) >= 11 is 6.84. The third kappa shape index (κ3) is 3.19. The van der Waals surface area contributed by atoms with E-state index in [1.165, 1.54) is 16.0 Å². The molecule has 1 aromatic carbocycles. The lowest BCUT2D eigenvalue weighted by molar-refractivity contribution is 0.417. The van der Waals surface area contributed by atoms with Gasteiger partial charge >= 0.3 is 0 Å². The van der Waals surface area contributed by atoms with E-state index in [2.05, 4.69) is 50.4 Å². The Kier molecular flexibility index (Phi) is 4.78. The lowest BCUT2D eigenvalue weighted by Gasteiger charge is -2.11. The van der Waals surface area contributed by atoms with Crippen LogP contribution in [0, 0.1) is 13.8 Å². The Morgan fingerprint density at radius 2 is 2.00 bits per heavy atom. The summed E-state index contributed by atoms with van der Waals surface area (Å²) in [5.74, 6) is 0. The molecule has 0 aliphatic heterocycles. The molecule has 2 rings (SSSR count). The van der Waals surface area contributed by atoms with Crippen molar-refractivity contribution in [1.82, 2.24) is 0 Å². The van der Waals surface area contributed by atoms with Crippen LogP contribution < -0.4 is 5.32 Å². The van der Waals surface area contributed by atoms with Crippen LogP contribution in [0.1, 0.15) is 27.8 Å². The minimum atomic E-state index is 0.547. The van der Waals surface area contributed by atoms with Crippen molar-refractivity contribution in [3.05, 3.63) is 45.1 Å². The van der Waals surface area contributed by atoms with Crippen molar-refractivity contribution in [1.29, 1.82) is 0 Å². The molecule has 106 valence electrons. The van der Waals surface area contributed by atoms with E-state index in [9.17, 15) is 0 Å². The molecular formula is C16H19NOS2. The van der Waals surface area contributed by atoms with Gasteiger partial charge in [0.2, 0.25) is 5.05 Å². The summed E-state index contributed by atoms with van der Waals surface area (Å²) < 4.78 is 5.13. The van der Waals surface area contributed by atoms with Gasteiger partial charge in [0.05, 0.1) is 17.7 Å². The third-order valence-corrected chi connectivity index (χ3v) is 4.78. The quantitative estimate of drug-likeness (QED) is 0.804. The molecule has 2 nitrogen and oxygen atoms in total. The first-order chi connectivity index (χ1) is 9.55. The fourth-order valence-corrected chi connectivity index (χ4v) is 3.17. The number of thiophene rings is 1. The maximum Gasteiger partial charge on any atom is 0.201 e. The molecule has 0 amide bonds. The molecule has 1 heterocycles. The van der Waals surface area contributed by atoms with Gasteiger partial charge in [-0.3, -0.25) is 0 Å². The molecule has 2 aromatic rings. The Hall–Kier alpha value is -1.39. The highest BCUT2D eigenvalue weighted by atomic mass is 32.1. The van der Waals surface area contributed by atoms with Gasteiger partial charge in [-0.25, -0.2) is 0 Å². The van der Waals surface area contributed by atoms with Crippen LogP contribution >= 0.6 is 23.6 Å². The van der Waals surface area contributed by atoms with Crippen molar-refractivity contribution in [2.24, 2.45) is 0 Å². The second-order valence-corrected chi connectivity index (χ2v) is 6.34. The van der Waals surface area contributed by atoms with Gasteiger partial charge in [-0.2, -0.15) is 0 Å².